The first-order valence-corrected chi connectivity index (χ1v) is 8.73. The molecular weight excluding hydrogens is 274 g/mol. The summed E-state index contributed by atoms with van der Waals surface area (Å²) in [6.07, 6.45) is 2.84. The fourth-order valence-electron chi connectivity index (χ4n) is 3.33. The third kappa shape index (κ3) is 4.22. The predicted molar refractivity (Wildman–Crippen MR) is 91.4 cm³/mol. The number of ether oxygens (including phenoxy) is 1. The van der Waals surface area contributed by atoms with Crippen LogP contribution in [0.1, 0.15) is 25.3 Å². The Morgan fingerprint density at radius 3 is 2.55 bits per heavy atom. The minimum Gasteiger partial charge on any atom is -0.377 e. The summed E-state index contributed by atoms with van der Waals surface area (Å²) in [4.78, 5) is 5.01. The number of anilines is 1. The van der Waals surface area contributed by atoms with Crippen LogP contribution in [0.5, 0.6) is 0 Å². The lowest BCUT2D eigenvalue weighted by atomic mass is 10.1. The Balaban J connectivity index is 1.43. The van der Waals surface area contributed by atoms with Crippen molar-refractivity contribution in [2.45, 2.75) is 32.4 Å². The average Bonchev–Trinajstić information content (AvgIpc) is 3.09. The van der Waals surface area contributed by atoms with Crippen molar-refractivity contribution in [3.8, 4) is 0 Å². The van der Waals surface area contributed by atoms with E-state index < -0.39 is 0 Å². The molecule has 0 saturated carbocycles. The Morgan fingerprint density at radius 1 is 1.14 bits per heavy atom. The van der Waals surface area contributed by atoms with Crippen molar-refractivity contribution in [1.29, 1.82) is 0 Å². The maximum absolute atomic E-state index is 5.63. The third-order valence-electron chi connectivity index (χ3n) is 4.85. The SMILES string of the molecule is CCN1CCN(c2ccc(CNCC3CCCO3)cc2)CC1. The van der Waals surface area contributed by atoms with E-state index in [1.807, 2.05) is 0 Å². The zero-order valence-corrected chi connectivity index (χ0v) is 13.8. The quantitative estimate of drug-likeness (QED) is 0.871. The second-order valence-electron chi connectivity index (χ2n) is 6.35. The summed E-state index contributed by atoms with van der Waals surface area (Å²) in [5.74, 6) is 0. The smallest absolute Gasteiger partial charge is 0.0700 e. The summed E-state index contributed by atoms with van der Waals surface area (Å²) < 4.78 is 5.63. The number of hydrogen-bond donors (Lipinski definition) is 1. The van der Waals surface area contributed by atoms with Gasteiger partial charge in [0.05, 0.1) is 6.10 Å². The number of piperazine rings is 1. The van der Waals surface area contributed by atoms with Crippen LogP contribution in [0.3, 0.4) is 0 Å². The normalized spacial score (nSPS) is 23.1. The summed E-state index contributed by atoms with van der Waals surface area (Å²) in [5, 5.41) is 3.51. The number of nitrogens with zero attached hydrogens (tertiary/aromatic N) is 2. The maximum Gasteiger partial charge on any atom is 0.0700 e. The van der Waals surface area contributed by atoms with E-state index in [4.69, 9.17) is 4.74 Å². The molecule has 1 atom stereocenters. The van der Waals surface area contributed by atoms with Crippen LogP contribution in [0, 0.1) is 0 Å². The van der Waals surface area contributed by atoms with Crippen LogP contribution >= 0.6 is 0 Å². The van der Waals surface area contributed by atoms with Crippen LogP contribution in [0.15, 0.2) is 24.3 Å². The van der Waals surface area contributed by atoms with Gasteiger partial charge in [-0.25, -0.2) is 0 Å². The molecule has 122 valence electrons. The zero-order chi connectivity index (χ0) is 15.2. The first-order valence-electron chi connectivity index (χ1n) is 8.73. The summed E-state index contributed by atoms with van der Waals surface area (Å²) in [7, 11) is 0. The second-order valence-corrected chi connectivity index (χ2v) is 6.35. The third-order valence-corrected chi connectivity index (χ3v) is 4.85. The van der Waals surface area contributed by atoms with Gasteiger partial charge < -0.3 is 19.9 Å². The van der Waals surface area contributed by atoms with Gasteiger partial charge in [-0.2, -0.15) is 0 Å². The van der Waals surface area contributed by atoms with Gasteiger partial charge in [0.1, 0.15) is 0 Å². The topological polar surface area (TPSA) is 27.7 Å². The largest absolute Gasteiger partial charge is 0.377 e. The van der Waals surface area contributed by atoms with E-state index in [-0.39, 0.29) is 0 Å². The van der Waals surface area contributed by atoms with Crippen LogP contribution in [0.4, 0.5) is 5.69 Å². The molecule has 1 aromatic carbocycles. The van der Waals surface area contributed by atoms with Gasteiger partial charge in [-0.3, -0.25) is 0 Å². The van der Waals surface area contributed by atoms with Crippen LogP contribution in [0.2, 0.25) is 0 Å². The molecule has 3 rings (SSSR count). The van der Waals surface area contributed by atoms with Crippen molar-refractivity contribution >= 4 is 5.69 Å². The molecule has 0 aliphatic carbocycles. The van der Waals surface area contributed by atoms with Crippen molar-refractivity contribution < 1.29 is 4.74 Å². The van der Waals surface area contributed by atoms with E-state index in [0.717, 1.165) is 32.8 Å². The molecule has 1 aromatic rings. The molecule has 0 radical (unpaired) electrons. The van der Waals surface area contributed by atoms with E-state index in [2.05, 4.69) is 46.3 Å². The fraction of sp³-hybridized carbons (Fsp3) is 0.667. The van der Waals surface area contributed by atoms with Gasteiger partial charge in [0, 0.05) is 51.6 Å². The number of rotatable bonds is 6. The maximum atomic E-state index is 5.63. The number of nitrogens with one attached hydrogen (secondary N) is 1. The van der Waals surface area contributed by atoms with Crippen molar-refractivity contribution in [3.63, 3.8) is 0 Å². The first kappa shape index (κ1) is 15.8. The Labute approximate surface area is 134 Å². The van der Waals surface area contributed by atoms with Crippen molar-refractivity contribution in [3.05, 3.63) is 29.8 Å². The highest BCUT2D eigenvalue weighted by Crippen LogP contribution is 2.17. The Bertz CT molecular complexity index is 434. The molecule has 0 bridgehead atoms. The monoisotopic (exact) mass is 303 g/mol. The molecule has 2 saturated heterocycles. The summed E-state index contributed by atoms with van der Waals surface area (Å²) in [5.41, 5.74) is 2.72. The fourth-order valence-corrected chi connectivity index (χ4v) is 3.33. The van der Waals surface area contributed by atoms with E-state index in [1.165, 1.54) is 43.7 Å². The van der Waals surface area contributed by atoms with E-state index in [9.17, 15) is 0 Å². The molecule has 0 amide bonds. The molecule has 4 nitrogen and oxygen atoms in total. The summed E-state index contributed by atoms with van der Waals surface area (Å²) in [6.45, 7) is 10.9. The van der Waals surface area contributed by atoms with Crippen LogP contribution in [-0.4, -0.2) is 56.9 Å². The lowest BCUT2D eigenvalue weighted by Gasteiger charge is -2.35. The average molecular weight is 303 g/mol. The molecule has 1 unspecified atom stereocenters. The summed E-state index contributed by atoms with van der Waals surface area (Å²) in [6, 6.07) is 9.05. The summed E-state index contributed by atoms with van der Waals surface area (Å²) >= 11 is 0. The minimum atomic E-state index is 0.425. The molecule has 22 heavy (non-hydrogen) atoms. The molecule has 0 aromatic heterocycles. The van der Waals surface area contributed by atoms with E-state index in [0.29, 0.717) is 6.10 Å². The molecule has 1 N–H and O–H groups in total. The van der Waals surface area contributed by atoms with Crippen LogP contribution in [-0.2, 0) is 11.3 Å². The molecule has 2 aliphatic rings. The Kier molecular flexibility index (Phi) is 5.70. The lowest BCUT2D eigenvalue weighted by Crippen LogP contribution is -2.46. The van der Waals surface area contributed by atoms with Crippen LogP contribution < -0.4 is 10.2 Å². The van der Waals surface area contributed by atoms with E-state index >= 15 is 0 Å². The number of hydrogen-bond acceptors (Lipinski definition) is 4. The van der Waals surface area contributed by atoms with Gasteiger partial charge in [0.25, 0.3) is 0 Å². The van der Waals surface area contributed by atoms with Gasteiger partial charge in [-0.1, -0.05) is 19.1 Å². The van der Waals surface area contributed by atoms with Gasteiger partial charge in [-0.05, 0) is 37.1 Å². The van der Waals surface area contributed by atoms with Crippen LogP contribution in [0.25, 0.3) is 0 Å². The molecule has 2 fully saturated rings. The number of benzene rings is 1. The van der Waals surface area contributed by atoms with Crippen molar-refractivity contribution in [2.24, 2.45) is 0 Å². The Morgan fingerprint density at radius 2 is 1.91 bits per heavy atom. The van der Waals surface area contributed by atoms with Gasteiger partial charge >= 0.3 is 0 Å². The zero-order valence-electron chi connectivity index (χ0n) is 13.8. The highest BCUT2D eigenvalue weighted by molar-refractivity contribution is 5.48. The second kappa shape index (κ2) is 7.95. The molecule has 2 heterocycles. The Hall–Kier alpha value is -1.10. The van der Waals surface area contributed by atoms with Gasteiger partial charge in [-0.15, -0.1) is 0 Å². The highest BCUT2D eigenvalue weighted by atomic mass is 16.5. The molecule has 0 spiro atoms. The van der Waals surface area contributed by atoms with E-state index in [1.54, 1.807) is 0 Å². The minimum absolute atomic E-state index is 0.425. The standard InChI is InChI=1S/C18H29N3O/c1-2-20-9-11-21(12-10-20)17-7-5-16(6-8-17)14-19-15-18-4-3-13-22-18/h5-8,18-19H,2-4,9-15H2,1H3. The first-order chi connectivity index (χ1) is 10.8. The molecular formula is C18H29N3O. The number of likely N-dealkylation sites (N-methyl/N-ethyl adjacent to an activating group) is 1. The predicted octanol–water partition coefficient (Wildman–Crippen LogP) is 2.10. The van der Waals surface area contributed by atoms with Gasteiger partial charge in [0.2, 0.25) is 0 Å². The van der Waals surface area contributed by atoms with Gasteiger partial charge in [0.15, 0.2) is 0 Å². The molecule has 4 heteroatoms. The van der Waals surface area contributed by atoms with Crippen molar-refractivity contribution in [1.82, 2.24) is 10.2 Å². The highest BCUT2D eigenvalue weighted by Gasteiger charge is 2.16. The van der Waals surface area contributed by atoms with Crippen molar-refractivity contribution in [2.75, 3.05) is 50.8 Å². The molecule has 2 aliphatic heterocycles. The lowest BCUT2D eigenvalue weighted by molar-refractivity contribution is 0.110.